The average molecular weight is 260 g/mol. The summed E-state index contributed by atoms with van der Waals surface area (Å²) in [6.45, 7) is 3.53. The fraction of sp³-hybridized carbons (Fsp3) is 0.727. The molecule has 0 bridgehead atoms. The van der Waals surface area contributed by atoms with Gasteiger partial charge in [0.15, 0.2) is 0 Å². The Labute approximate surface area is 106 Å². The van der Waals surface area contributed by atoms with Crippen LogP contribution in [0.3, 0.4) is 0 Å². The highest BCUT2D eigenvalue weighted by molar-refractivity contribution is 5.80. The maximum atomic E-state index is 11.6. The first-order valence-corrected chi connectivity index (χ1v) is 5.75. The number of aliphatic carboxylic acids is 1. The van der Waals surface area contributed by atoms with Gasteiger partial charge in [0.05, 0.1) is 6.61 Å². The van der Waals surface area contributed by atoms with Crippen LogP contribution >= 0.6 is 0 Å². The van der Waals surface area contributed by atoms with E-state index in [1.54, 1.807) is 13.8 Å². The molecule has 7 heteroatoms. The van der Waals surface area contributed by atoms with Crippen molar-refractivity contribution in [1.82, 2.24) is 10.2 Å². The third-order valence-electron chi connectivity index (χ3n) is 2.18. The second-order valence-corrected chi connectivity index (χ2v) is 3.94. The van der Waals surface area contributed by atoms with Crippen LogP contribution in [0.15, 0.2) is 0 Å². The van der Waals surface area contributed by atoms with Gasteiger partial charge in [-0.3, -0.25) is 9.59 Å². The summed E-state index contributed by atoms with van der Waals surface area (Å²) in [6, 6.07) is -0.695. The van der Waals surface area contributed by atoms with Crippen molar-refractivity contribution in [3.05, 3.63) is 0 Å². The molecular weight excluding hydrogens is 240 g/mol. The fourth-order valence-electron chi connectivity index (χ4n) is 1.21. The van der Waals surface area contributed by atoms with Crippen molar-refractivity contribution in [2.75, 3.05) is 20.2 Å². The zero-order valence-electron chi connectivity index (χ0n) is 10.9. The van der Waals surface area contributed by atoms with E-state index in [1.165, 1.54) is 11.9 Å². The fourth-order valence-corrected chi connectivity index (χ4v) is 1.21. The minimum absolute atomic E-state index is 0.0109. The summed E-state index contributed by atoms with van der Waals surface area (Å²) in [5.41, 5.74) is 0. The van der Waals surface area contributed by atoms with Gasteiger partial charge in [0, 0.05) is 19.5 Å². The average Bonchev–Trinajstić information content (AvgIpc) is 2.26. The number of rotatable bonds is 7. The SMILES string of the molecule is CCOC(=O)CN(C)C(=O)NC(C)CCC(=O)O. The Morgan fingerprint density at radius 1 is 1.39 bits per heavy atom. The van der Waals surface area contributed by atoms with Crippen LogP contribution in [-0.4, -0.2) is 54.2 Å². The van der Waals surface area contributed by atoms with E-state index in [2.05, 4.69) is 5.32 Å². The van der Waals surface area contributed by atoms with Crippen LogP contribution in [0.5, 0.6) is 0 Å². The van der Waals surface area contributed by atoms with Gasteiger partial charge >= 0.3 is 18.0 Å². The Morgan fingerprint density at radius 2 is 2.00 bits per heavy atom. The molecule has 104 valence electrons. The number of hydrogen-bond donors (Lipinski definition) is 2. The Bertz CT molecular complexity index is 306. The summed E-state index contributed by atoms with van der Waals surface area (Å²) in [5.74, 6) is -1.38. The predicted molar refractivity (Wildman–Crippen MR) is 64.1 cm³/mol. The number of hydrogen-bond acceptors (Lipinski definition) is 4. The van der Waals surface area contributed by atoms with Gasteiger partial charge < -0.3 is 20.1 Å². The monoisotopic (exact) mass is 260 g/mol. The standard InChI is InChI=1S/C11H20N2O5/c1-4-18-10(16)7-13(3)11(17)12-8(2)5-6-9(14)15/h8H,4-7H2,1-3H3,(H,12,17)(H,14,15). The molecule has 2 N–H and O–H groups in total. The summed E-state index contributed by atoms with van der Waals surface area (Å²) < 4.78 is 4.71. The number of likely N-dealkylation sites (N-methyl/N-ethyl adjacent to an activating group) is 1. The number of ether oxygens (including phenoxy) is 1. The van der Waals surface area contributed by atoms with E-state index in [-0.39, 0.29) is 25.6 Å². The third kappa shape index (κ3) is 7.48. The molecule has 0 saturated heterocycles. The molecule has 7 nitrogen and oxygen atoms in total. The van der Waals surface area contributed by atoms with Gasteiger partial charge in [0.25, 0.3) is 0 Å². The van der Waals surface area contributed by atoms with Gasteiger partial charge in [0.1, 0.15) is 6.54 Å². The first kappa shape index (κ1) is 16.2. The van der Waals surface area contributed by atoms with Crippen LogP contribution in [0.4, 0.5) is 4.79 Å². The van der Waals surface area contributed by atoms with Crippen molar-refractivity contribution in [2.24, 2.45) is 0 Å². The number of esters is 1. The number of carbonyl (C=O) groups is 3. The molecule has 0 rings (SSSR count). The van der Waals surface area contributed by atoms with E-state index in [0.29, 0.717) is 6.42 Å². The Hall–Kier alpha value is -1.79. The highest BCUT2D eigenvalue weighted by Gasteiger charge is 2.15. The molecule has 0 radical (unpaired) electrons. The molecule has 18 heavy (non-hydrogen) atoms. The van der Waals surface area contributed by atoms with Gasteiger partial charge in [-0.15, -0.1) is 0 Å². The highest BCUT2D eigenvalue weighted by Crippen LogP contribution is 1.97. The molecule has 0 aliphatic heterocycles. The maximum absolute atomic E-state index is 11.6. The van der Waals surface area contributed by atoms with Crippen LogP contribution in [0.25, 0.3) is 0 Å². The Morgan fingerprint density at radius 3 is 2.50 bits per heavy atom. The quantitative estimate of drug-likeness (QED) is 0.648. The number of carboxylic acid groups (broad SMARTS) is 1. The molecule has 0 aliphatic carbocycles. The number of carboxylic acids is 1. The summed E-state index contributed by atoms with van der Waals surface area (Å²) in [6.07, 6.45) is 0.331. The van der Waals surface area contributed by atoms with Gasteiger partial charge in [-0.1, -0.05) is 0 Å². The molecule has 0 aromatic rings. The van der Waals surface area contributed by atoms with Gasteiger partial charge in [-0.05, 0) is 20.3 Å². The van der Waals surface area contributed by atoms with Crippen molar-refractivity contribution in [1.29, 1.82) is 0 Å². The lowest BCUT2D eigenvalue weighted by molar-refractivity contribution is -0.143. The number of nitrogens with zero attached hydrogens (tertiary/aromatic N) is 1. The molecule has 0 aliphatic rings. The second-order valence-electron chi connectivity index (χ2n) is 3.94. The molecule has 0 saturated carbocycles. The van der Waals surface area contributed by atoms with Gasteiger partial charge in [-0.25, -0.2) is 4.79 Å². The van der Waals surface area contributed by atoms with Crippen molar-refractivity contribution in [2.45, 2.75) is 32.7 Å². The third-order valence-corrected chi connectivity index (χ3v) is 2.18. The minimum atomic E-state index is -0.907. The molecule has 0 heterocycles. The lowest BCUT2D eigenvalue weighted by atomic mass is 10.2. The van der Waals surface area contributed by atoms with Crippen LogP contribution < -0.4 is 5.32 Å². The van der Waals surface area contributed by atoms with Gasteiger partial charge in [0.2, 0.25) is 0 Å². The number of amides is 2. The highest BCUT2D eigenvalue weighted by atomic mass is 16.5. The lowest BCUT2D eigenvalue weighted by Gasteiger charge is -2.20. The van der Waals surface area contributed by atoms with E-state index in [1.807, 2.05) is 0 Å². The summed E-state index contributed by atoms with van der Waals surface area (Å²) in [7, 11) is 1.47. The predicted octanol–water partition coefficient (Wildman–Crippen LogP) is 0.444. The first-order valence-electron chi connectivity index (χ1n) is 5.75. The number of nitrogens with one attached hydrogen (secondary N) is 1. The van der Waals surface area contributed by atoms with Crippen molar-refractivity contribution >= 4 is 18.0 Å². The van der Waals surface area contributed by atoms with Crippen molar-refractivity contribution in [3.8, 4) is 0 Å². The van der Waals surface area contributed by atoms with E-state index in [0.717, 1.165) is 0 Å². The topological polar surface area (TPSA) is 95.9 Å². The van der Waals surface area contributed by atoms with Crippen molar-refractivity contribution < 1.29 is 24.2 Å². The zero-order chi connectivity index (χ0) is 14.1. The zero-order valence-corrected chi connectivity index (χ0v) is 10.9. The number of urea groups is 1. The Kier molecular flexibility index (Phi) is 7.50. The normalized spacial score (nSPS) is 11.5. The van der Waals surface area contributed by atoms with E-state index in [9.17, 15) is 14.4 Å². The smallest absolute Gasteiger partial charge is 0.325 e. The Balaban J connectivity index is 3.99. The summed E-state index contributed by atoms with van der Waals surface area (Å²) in [4.78, 5) is 34.3. The molecule has 0 aromatic heterocycles. The number of carbonyl (C=O) groups excluding carboxylic acids is 2. The molecular formula is C11H20N2O5. The van der Waals surface area contributed by atoms with Crippen LogP contribution in [0.1, 0.15) is 26.7 Å². The van der Waals surface area contributed by atoms with Crippen LogP contribution in [0.2, 0.25) is 0 Å². The van der Waals surface area contributed by atoms with Crippen LogP contribution in [-0.2, 0) is 14.3 Å². The van der Waals surface area contributed by atoms with Crippen molar-refractivity contribution in [3.63, 3.8) is 0 Å². The molecule has 0 aromatic carbocycles. The van der Waals surface area contributed by atoms with E-state index >= 15 is 0 Å². The molecule has 0 fully saturated rings. The van der Waals surface area contributed by atoms with Crippen LogP contribution in [0, 0.1) is 0 Å². The van der Waals surface area contributed by atoms with Gasteiger partial charge in [-0.2, -0.15) is 0 Å². The minimum Gasteiger partial charge on any atom is -0.481 e. The van der Waals surface area contributed by atoms with E-state index < -0.39 is 18.0 Å². The first-order chi connectivity index (χ1) is 8.36. The molecule has 1 atom stereocenters. The second kappa shape index (κ2) is 8.32. The summed E-state index contributed by atoms with van der Waals surface area (Å²) in [5, 5.41) is 11.1. The summed E-state index contributed by atoms with van der Waals surface area (Å²) >= 11 is 0. The maximum Gasteiger partial charge on any atom is 0.325 e. The largest absolute Gasteiger partial charge is 0.481 e. The molecule has 0 spiro atoms. The molecule has 2 amide bonds. The molecule has 1 unspecified atom stereocenters. The lowest BCUT2D eigenvalue weighted by Crippen LogP contribution is -2.44. The van der Waals surface area contributed by atoms with E-state index in [4.69, 9.17) is 9.84 Å².